The number of hydrogen-bond acceptors (Lipinski definition) is 5. The van der Waals surface area contributed by atoms with Crippen LogP contribution >= 0.6 is 0 Å². The Balaban J connectivity index is 2.97. The van der Waals surface area contributed by atoms with Gasteiger partial charge < -0.3 is 14.4 Å². The third-order valence-corrected chi connectivity index (χ3v) is 2.49. The largest absolute Gasteiger partial charge is 0.468 e. The van der Waals surface area contributed by atoms with E-state index < -0.39 is 36.8 Å². The van der Waals surface area contributed by atoms with E-state index >= 15 is 0 Å². The molecular formula is C13H14FNO5. The van der Waals surface area contributed by atoms with Crippen molar-refractivity contribution < 1.29 is 28.2 Å². The van der Waals surface area contributed by atoms with E-state index in [4.69, 9.17) is 0 Å². The number of ether oxygens (including phenoxy) is 2. The molecule has 0 aliphatic heterocycles. The average molecular weight is 283 g/mol. The summed E-state index contributed by atoms with van der Waals surface area (Å²) in [6.45, 7) is -0.947. The van der Waals surface area contributed by atoms with Gasteiger partial charge in [0.15, 0.2) is 0 Å². The minimum atomic E-state index is -0.793. The molecule has 0 spiro atoms. The van der Waals surface area contributed by atoms with Crippen LogP contribution in [0.2, 0.25) is 0 Å². The van der Waals surface area contributed by atoms with Crippen LogP contribution in [0, 0.1) is 5.82 Å². The molecule has 0 unspecified atom stereocenters. The molecule has 0 heterocycles. The third kappa shape index (κ3) is 4.04. The molecule has 7 heteroatoms. The smallest absolute Gasteiger partial charge is 0.325 e. The first-order valence-electron chi connectivity index (χ1n) is 5.67. The van der Waals surface area contributed by atoms with Crippen molar-refractivity contribution in [3.8, 4) is 0 Å². The highest BCUT2D eigenvalue weighted by atomic mass is 19.1. The number of benzene rings is 1. The lowest BCUT2D eigenvalue weighted by Crippen LogP contribution is -2.40. The normalized spacial score (nSPS) is 9.75. The second-order valence-electron chi connectivity index (χ2n) is 3.79. The fourth-order valence-electron chi connectivity index (χ4n) is 1.45. The quantitative estimate of drug-likeness (QED) is 0.740. The maximum absolute atomic E-state index is 13.6. The lowest BCUT2D eigenvalue weighted by molar-refractivity contribution is -0.144. The fraction of sp³-hybridized carbons (Fsp3) is 0.308. The van der Waals surface area contributed by atoms with Crippen LogP contribution in [-0.4, -0.2) is 50.1 Å². The Morgan fingerprint density at radius 3 is 2.00 bits per heavy atom. The van der Waals surface area contributed by atoms with Crippen LogP contribution < -0.4 is 0 Å². The van der Waals surface area contributed by atoms with Crippen LogP contribution in [0.5, 0.6) is 0 Å². The molecule has 0 fully saturated rings. The third-order valence-electron chi connectivity index (χ3n) is 2.49. The van der Waals surface area contributed by atoms with Crippen LogP contribution in [-0.2, 0) is 19.1 Å². The fourth-order valence-corrected chi connectivity index (χ4v) is 1.45. The van der Waals surface area contributed by atoms with Crippen molar-refractivity contribution in [3.63, 3.8) is 0 Å². The van der Waals surface area contributed by atoms with E-state index in [1.54, 1.807) is 0 Å². The standard InChI is InChI=1S/C13H14FNO5/c1-19-11(16)7-15(8-12(17)20-2)13(18)9-5-3-4-6-10(9)14/h3-6H,7-8H2,1-2H3. The molecule has 0 bridgehead atoms. The Bertz CT molecular complexity index is 499. The zero-order chi connectivity index (χ0) is 15.1. The number of carbonyl (C=O) groups excluding carboxylic acids is 3. The van der Waals surface area contributed by atoms with Crippen molar-refractivity contribution >= 4 is 17.8 Å². The van der Waals surface area contributed by atoms with Crippen molar-refractivity contribution in [3.05, 3.63) is 35.6 Å². The van der Waals surface area contributed by atoms with Gasteiger partial charge in [-0.3, -0.25) is 14.4 Å². The molecule has 0 saturated carbocycles. The zero-order valence-electron chi connectivity index (χ0n) is 11.1. The number of rotatable bonds is 5. The predicted octanol–water partition coefficient (Wildman–Crippen LogP) is 0.614. The van der Waals surface area contributed by atoms with Gasteiger partial charge in [0.2, 0.25) is 0 Å². The highest BCUT2D eigenvalue weighted by Gasteiger charge is 2.24. The Labute approximate surface area is 115 Å². The van der Waals surface area contributed by atoms with E-state index in [1.165, 1.54) is 18.2 Å². The van der Waals surface area contributed by atoms with Crippen molar-refractivity contribution in [1.29, 1.82) is 0 Å². The second-order valence-corrected chi connectivity index (χ2v) is 3.79. The van der Waals surface area contributed by atoms with Crippen molar-refractivity contribution in [2.24, 2.45) is 0 Å². The molecule has 0 N–H and O–H groups in total. The summed E-state index contributed by atoms with van der Waals surface area (Å²) in [5.74, 6) is -2.98. The first kappa shape index (κ1) is 15.6. The van der Waals surface area contributed by atoms with E-state index in [0.717, 1.165) is 25.2 Å². The summed E-state index contributed by atoms with van der Waals surface area (Å²) in [4.78, 5) is 35.5. The van der Waals surface area contributed by atoms with E-state index in [9.17, 15) is 18.8 Å². The summed E-state index contributed by atoms with van der Waals surface area (Å²) < 4.78 is 22.4. The van der Waals surface area contributed by atoms with Crippen molar-refractivity contribution in [2.75, 3.05) is 27.3 Å². The lowest BCUT2D eigenvalue weighted by Gasteiger charge is -2.20. The van der Waals surface area contributed by atoms with Gasteiger partial charge in [0.1, 0.15) is 18.9 Å². The van der Waals surface area contributed by atoms with Crippen LogP contribution in [0.1, 0.15) is 10.4 Å². The van der Waals surface area contributed by atoms with Gasteiger partial charge in [0.05, 0.1) is 19.8 Å². The first-order valence-corrected chi connectivity index (χ1v) is 5.67. The summed E-state index contributed by atoms with van der Waals surface area (Å²) in [6, 6.07) is 5.28. The predicted molar refractivity (Wildman–Crippen MR) is 66.3 cm³/mol. The Hall–Kier alpha value is -2.44. The van der Waals surface area contributed by atoms with E-state index in [-0.39, 0.29) is 5.56 Å². The molecule has 20 heavy (non-hydrogen) atoms. The molecule has 6 nitrogen and oxygen atoms in total. The number of amides is 1. The molecular weight excluding hydrogens is 269 g/mol. The van der Waals surface area contributed by atoms with E-state index in [0.29, 0.717) is 0 Å². The number of nitrogens with zero attached hydrogens (tertiary/aromatic N) is 1. The van der Waals surface area contributed by atoms with Crippen molar-refractivity contribution in [1.82, 2.24) is 4.90 Å². The highest BCUT2D eigenvalue weighted by molar-refractivity contribution is 5.97. The molecule has 1 aromatic carbocycles. The number of halogens is 1. The summed E-state index contributed by atoms with van der Waals surface area (Å²) in [6.07, 6.45) is 0. The highest BCUT2D eigenvalue weighted by Crippen LogP contribution is 2.10. The van der Waals surface area contributed by atoms with Crippen molar-refractivity contribution in [2.45, 2.75) is 0 Å². The number of methoxy groups -OCH3 is 2. The van der Waals surface area contributed by atoms with Gasteiger partial charge >= 0.3 is 11.9 Å². The molecule has 0 saturated heterocycles. The summed E-state index contributed by atoms with van der Waals surface area (Å²) in [5.41, 5.74) is -0.236. The van der Waals surface area contributed by atoms with Gasteiger partial charge in [-0.05, 0) is 12.1 Å². The molecule has 1 rings (SSSR count). The Kier molecular flexibility index (Phi) is 5.64. The van der Waals surface area contributed by atoms with Gasteiger partial charge in [-0.1, -0.05) is 12.1 Å². The molecule has 0 aliphatic carbocycles. The van der Waals surface area contributed by atoms with Crippen LogP contribution in [0.3, 0.4) is 0 Å². The summed E-state index contributed by atoms with van der Waals surface area (Å²) in [7, 11) is 2.29. The number of hydrogen-bond donors (Lipinski definition) is 0. The maximum atomic E-state index is 13.6. The van der Waals surface area contributed by atoms with Gasteiger partial charge in [0.25, 0.3) is 5.91 Å². The van der Waals surface area contributed by atoms with Gasteiger partial charge in [-0.2, -0.15) is 0 Å². The molecule has 0 aromatic heterocycles. The summed E-state index contributed by atoms with van der Waals surface area (Å²) in [5, 5.41) is 0. The minimum Gasteiger partial charge on any atom is -0.468 e. The van der Waals surface area contributed by atoms with Gasteiger partial charge in [-0.15, -0.1) is 0 Å². The summed E-state index contributed by atoms with van der Waals surface area (Å²) >= 11 is 0. The lowest BCUT2D eigenvalue weighted by atomic mass is 10.2. The maximum Gasteiger partial charge on any atom is 0.325 e. The molecule has 1 amide bonds. The molecule has 108 valence electrons. The molecule has 0 aliphatic rings. The SMILES string of the molecule is COC(=O)CN(CC(=O)OC)C(=O)c1ccccc1F. The van der Waals surface area contributed by atoms with Gasteiger partial charge in [0, 0.05) is 0 Å². The average Bonchev–Trinajstić information content (AvgIpc) is 2.45. The van der Waals surface area contributed by atoms with Crippen LogP contribution in [0.25, 0.3) is 0 Å². The number of carbonyl (C=O) groups is 3. The monoisotopic (exact) mass is 283 g/mol. The van der Waals surface area contributed by atoms with Crippen LogP contribution in [0.15, 0.2) is 24.3 Å². The first-order chi connectivity index (χ1) is 9.49. The molecule has 0 atom stereocenters. The Morgan fingerprint density at radius 1 is 1.05 bits per heavy atom. The molecule has 1 aromatic rings. The second kappa shape index (κ2) is 7.22. The van der Waals surface area contributed by atoms with Crippen LogP contribution in [0.4, 0.5) is 4.39 Å². The van der Waals surface area contributed by atoms with E-state index in [1.807, 2.05) is 0 Å². The topological polar surface area (TPSA) is 72.9 Å². The zero-order valence-corrected chi connectivity index (χ0v) is 11.1. The molecule has 0 radical (unpaired) electrons. The van der Waals surface area contributed by atoms with Gasteiger partial charge in [-0.25, -0.2) is 4.39 Å². The number of esters is 2. The minimum absolute atomic E-state index is 0.236. The Morgan fingerprint density at radius 2 is 1.55 bits per heavy atom. The van der Waals surface area contributed by atoms with E-state index in [2.05, 4.69) is 9.47 Å².